The number of carbonyl (C=O) groups is 8. The second-order valence-corrected chi connectivity index (χ2v) is 31.3. The first-order chi connectivity index (χ1) is 63.9. The minimum Gasteiger partial charge on any atom is -0.449 e. The maximum absolute atomic E-state index is 13.3. The maximum atomic E-state index is 13.3. The second kappa shape index (κ2) is 67.8. The first-order valence-electron chi connectivity index (χ1n) is 43.5. The summed E-state index contributed by atoms with van der Waals surface area (Å²) in [5.74, 6) is 31.2. The van der Waals surface area contributed by atoms with E-state index in [1.165, 1.54) is 24.3 Å². The lowest BCUT2D eigenvalue weighted by Gasteiger charge is -2.34. The molecule has 0 spiro atoms. The fraction of sp³-hybridized carbons (Fsp3) is 0.467. The number of hydrogen-bond donors (Lipinski definition) is 8. The summed E-state index contributed by atoms with van der Waals surface area (Å²) in [4.78, 5) is 103. The van der Waals surface area contributed by atoms with Crippen molar-refractivity contribution in [3.05, 3.63) is 95.1 Å². The van der Waals surface area contributed by atoms with Crippen molar-refractivity contribution < 1.29 is 95.2 Å². The summed E-state index contributed by atoms with van der Waals surface area (Å²) in [6.45, 7) is 11.7. The van der Waals surface area contributed by atoms with Crippen molar-refractivity contribution in [3.8, 4) is 148 Å². The third kappa shape index (κ3) is 51.0. The number of aryl methyl sites for hydroxylation is 4. The number of unbranched alkanes of at least 4 members (excludes halogenated alkanes) is 3. The van der Waals surface area contributed by atoms with E-state index in [2.05, 4.69) is 114 Å². The molecule has 4 aromatic rings. The van der Waals surface area contributed by atoms with E-state index in [0.29, 0.717) is 101 Å². The Kier molecular flexibility index (Phi) is 58.4. The molecule has 133 heavy (non-hydrogen) atoms. The minimum absolute atomic E-state index is 0.115. The standard InChI is InChI=1S/C71H88N8O20.2C17H20/c1-13-17-20-32-92-65(82)77-59-35-55(27-23-47(59)5)72-63(80)95-42-51(9)96-46-71(43-88-39-52(10)97-68(85)73-56-28-24-48(6)60(36-56)76-64(81)91-31-16-4,44-89-40-53(11)98-69(86)74-57-29-25-49(7)61(37-57)78-66(83)93-33-21-18-14-2)45-90-41-54(12)99-70(87)75-58-30-26-50(8)62(38-58)79-67(84)94-34-22-19-15-3;2*1-5-9-13-17(14-10-6-2,15-11-7-3)16-12-8-4/h1-4,23-30,35-38,51-54H,17-22,31-34,39-46H2,5-12H3,(H,72,80)(H,73,85)(H,74,86)(H,75,87)(H,76,81)(H,77,82)(H,78,83)(H,79,84);2*1-4H,9-16H2. The summed E-state index contributed by atoms with van der Waals surface area (Å²) in [6, 6.07) is 19.2. The van der Waals surface area contributed by atoms with Crippen LogP contribution in [0.5, 0.6) is 0 Å². The number of benzene rings is 4. The van der Waals surface area contributed by atoms with Gasteiger partial charge in [-0.3, -0.25) is 42.5 Å². The predicted molar refractivity (Wildman–Crippen MR) is 521 cm³/mol. The van der Waals surface area contributed by atoms with Gasteiger partial charge in [0.25, 0.3) is 0 Å². The lowest BCUT2D eigenvalue weighted by atomic mass is 9.72. The molecule has 0 fully saturated rings. The van der Waals surface area contributed by atoms with Crippen LogP contribution in [0, 0.1) is 192 Å². The summed E-state index contributed by atoms with van der Waals surface area (Å²) in [5.41, 5.74) is 4.29. The largest absolute Gasteiger partial charge is 0.449 e. The quantitative estimate of drug-likeness (QED) is 0.0116. The summed E-state index contributed by atoms with van der Waals surface area (Å²) in [5, 5.41) is 21.1. The van der Waals surface area contributed by atoms with Crippen molar-refractivity contribution in [3.63, 3.8) is 0 Å². The van der Waals surface area contributed by atoms with E-state index in [1.807, 2.05) is 0 Å². The highest BCUT2D eigenvalue weighted by Gasteiger charge is 2.36. The van der Waals surface area contributed by atoms with Crippen molar-refractivity contribution in [2.45, 2.75) is 221 Å². The van der Waals surface area contributed by atoms with Crippen LogP contribution in [0.15, 0.2) is 72.8 Å². The molecule has 4 atom stereocenters. The molecule has 4 rings (SSSR count). The van der Waals surface area contributed by atoms with Gasteiger partial charge in [0.1, 0.15) is 24.9 Å². The smallest absolute Gasteiger partial charge is 0.412 e. The van der Waals surface area contributed by atoms with Crippen LogP contribution >= 0.6 is 0 Å². The van der Waals surface area contributed by atoms with Gasteiger partial charge < -0.3 is 56.8 Å². The number of nitrogens with one attached hydrogen (secondary N) is 8. The van der Waals surface area contributed by atoms with Crippen LogP contribution in [0.2, 0.25) is 0 Å². The molecule has 708 valence electrons. The van der Waals surface area contributed by atoms with Gasteiger partial charge in [-0.05, 0) is 208 Å². The molecular weight excluding hydrogens is 1690 g/mol. The molecule has 0 heterocycles. The van der Waals surface area contributed by atoms with E-state index >= 15 is 0 Å². The number of carbonyl (C=O) groups excluding carboxylic acids is 8. The van der Waals surface area contributed by atoms with Crippen LogP contribution in [-0.2, 0) is 56.8 Å². The Hall–Kier alpha value is -14.4. The Labute approximate surface area is 787 Å². The van der Waals surface area contributed by atoms with Crippen LogP contribution in [-0.4, -0.2) is 152 Å². The molecule has 28 nitrogen and oxygen atoms in total. The van der Waals surface area contributed by atoms with Crippen LogP contribution in [0.4, 0.5) is 83.9 Å². The van der Waals surface area contributed by atoms with Crippen LogP contribution in [0.3, 0.4) is 0 Å². The number of terminal acetylenes is 12. The molecule has 0 bridgehead atoms. The number of rotatable bonds is 54. The van der Waals surface area contributed by atoms with E-state index < -0.39 is 78.6 Å². The minimum atomic E-state index is -1.30. The molecule has 0 aliphatic heterocycles. The lowest BCUT2D eigenvalue weighted by molar-refractivity contribution is -0.135. The Bertz CT molecular complexity index is 4550. The zero-order valence-electron chi connectivity index (χ0n) is 77.9. The first-order valence-corrected chi connectivity index (χ1v) is 43.5. The SMILES string of the molecule is C#CCCC(CCC#C)(CCC#C)CCC#C.C#CCCC(CCC#C)(CCC#C)CCC#C.C#CCCCOC(=O)Nc1cc(NC(=O)OCC(C)OCC(COCC(C)OC(=O)Nc2ccc(C)c(NC(=O)OCC#C)c2)(COCC(C)OC(=O)Nc2ccc(C)c(NC(=O)OCCCC#C)c2)COCC(C)OC(=O)Nc2ccc(C)c(NC(=O)OCCCC#C)c2)ccc1C. The highest BCUT2D eigenvalue weighted by atomic mass is 16.6. The Morgan fingerprint density at radius 1 is 0.278 bits per heavy atom. The molecule has 0 saturated carbocycles. The van der Waals surface area contributed by atoms with Gasteiger partial charge in [-0.15, -0.1) is 142 Å². The average molecular weight is 1820 g/mol. The predicted octanol–water partition coefficient (Wildman–Crippen LogP) is 20.1. The van der Waals surface area contributed by atoms with Crippen LogP contribution < -0.4 is 42.5 Å². The fourth-order valence-electron chi connectivity index (χ4n) is 12.6. The summed E-state index contributed by atoms with van der Waals surface area (Å²) in [6.07, 6.45) is 70.7. The maximum Gasteiger partial charge on any atom is 0.412 e. The number of hydrogen-bond acceptors (Lipinski definition) is 20. The lowest BCUT2D eigenvalue weighted by Crippen LogP contribution is -2.44. The number of amides is 8. The molecule has 0 aliphatic carbocycles. The topological polar surface area (TPSA) is 344 Å². The van der Waals surface area contributed by atoms with Gasteiger partial charge in [-0.1, -0.05) is 30.2 Å². The zero-order chi connectivity index (χ0) is 98.5. The molecule has 4 aromatic carbocycles. The van der Waals surface area contributed by atoms with Crippen LogP contribution in [0.25, 0.3) is 0 Å². The van der Waals surface area contributed by atoms with Gasteiger partial charge in [0.2, 0.25) is 0 Å². The van der Waals surface area contributed by atoms with Crippen molar-refractivity contribution in [1.29, 1.82) is 0 Å². The first kappa shape index (κ1) is 115. The Balaban J connectivity index is 0.00000146. The number of anilines is 8. The van der Waals surface area contributed by atoms with Crippen molar-refractivity contribution >= 4 is 94.2 Å². The normalized spacial score (nSPS) is 11.6. The van der Waals surface area contributed by atoms with E-state index in [-0.39, 0.29) is 95.8 Å². The Morgan fingerprint density at radius 3 is 0.767 bits per heavy atom. The van der Waals surface area contributed by atoms with Gasteiger partial charge in [-0.2, -0.15) is 0 Å². The van der Waals surface area contributed by atoms with Gasteiger partial charge in [0.05, 0.1) is 77.6 Å². The summed E-state index contributed by atoms with van der Waals surface area (Å²) < 4.78 is 68.3. The van der Waals surface area contributed by atoms with Crippen molar-refractivity contribution in [1.82, 2.24) is 0 Å². The van der Waals surface area contributed by atoms with E-state index in [9.17, 15) is 38.4 Å². The summed E-state index contributed by atoms with van der Waals surface area (Å²) in [7, 11) is 0. The molecule has 8 N–H and O–H groups in total. The van der Waals surface area contributed by atoms with Crippen LogP contribution in [0.1, 0.15) is 191 Å². The van der Waals surface area contributed by atoms with Crippen molar-refractivity contribution in [2.24, 2.45) is 16.2 Å². The molecule has 0 aromatic heterocycles. The van der Waals surface area contributed by atoms with Gasteiger partial charge >= 0.3 is 48.7 Å². The zero-order valence-corrected chi connectivity index (χ0v) is 77.9. The monoisotopic (exact) mass is 1820 g/mol. The van der Waals surface area contributed by atoms with Gasteiger partial charge in [0.15, 0.2) is 6.61 Å². The third-order valence-electron chi connectivity index (χ3n) is 20.0. The van der Waals surface area contributed by atoms with E-state index in [1.54, 1.807) is 104 Å². The molecular formula is C105H128N8O20. The highest BCUT2D eigenvalue weighted by molar-refractivity contribution is 5.93. The average Bonchev–Trinajstić information content (AvgIpc) is 0.903. The Morgan fingerprint density at radius 2 is 0.519 bits per heavy atom. The summed E-state index contributed by atoms with van der Waals surface area (Å²) >= 11 is 0. The molecule has 8 amide bonds. The third-order valence-corrected chi connectivity index (χ3v) is 20.0. The van der Waals surface area contributed by atoms with Gasteiger partial charge in [0, 0.05) is 116 Å². The fourth-order valence-corrected chi connectivity index (χ4v) is 12.6. The number of ether oxygens (including phenoxy) is 12. The molecule has 0 aliphatic rings. The van der Waals surface area contributed by atoms with Crippen molar-refractivity contribution in [2.75, 3.05) is 122 Å². The van der Waals surface area contributed by atoms with E-state index in [0.717, 1.165) is 103 Å². The second-order valence-electron chi connectivity index (χ2n) is 31.3. The molecule has 0 radical (unpaired) electrons. The molecule has 28 heteroatoms. The van der Waals surface area contributed by atoms with E-state index in [4.69, 9.17) is 134 Å². The molecule has 4 unspecified atom stereocenters. The molecule has 0 saturated heterocycles. The highest BCUT2D eigenvalue weighted by Crippen LogP contribution is 2.41. The van der Waals surface area contributed by atoms with Gasteiger partial charge in [-0.25, -0.2) is 38.4 Å².